The smallest absolute Gasteiger partial charge is 0.124 e. The second kappa shape index (κ2) is 6.63. The van der Waals surface area contributed by atoms with Gasteiger partial charge in [0.2, 0.25) is 0 Å². The first-order valence-electron chi connectivity index (χ1n) is 6.06. The van der Waals surface area contributed by atoms with E-state index in [0.717, 1.165) is 45.1 Å². The highest BCUT2D eigenvalue weighted by atomic mass is 32.1. The quantitative estimate of drug-likeness (QED) is 0.755. The van der Waals surface area contributed by atoms with E-state index in [1.165, 1.54) is 0 Å². The van der Waals surface area contributed by atoms with Crippen LogP contribution in [0.25, 0.3) is 0 Å². The van der Waals surface area contributed by atoms with E-state index >= 15 is 0 Å². The fourth-order valence-electron chi connectivity index (χ4n) is 1.92. The Morgan fingerprint density at radius 2 is 2.28 bits per heavy atom. The standard InChI is InChI=1S/C12H18N4OS/c13-12(18)11-10(2-1-3-15-11)14-4-5-16-6-8-17-9-7-16/h1-3,14H,4-9H2,(H2,13,18). The summed E-state index contributed by atoms with van der Waals surface area (Å²) >= 11 is 4.97. The van der Waals surface area contributed by atoms with Crippen molar-refractivity contribution in [3.8, 4) is 0 Å². The summed E-state index contributed by atoms with van der Waals surface area (Å²) in [6.07, 6.45) is 1.70. The minimum Gasteiger partial charge on any atom is -0.388 e. The van der Waals surface area contributed by atoms with E-state index in [2.05, 4.69) is 15.2 Å². The summed E-state index contributed by atoms with van der Waals surface area (Å²) in [6.45, 7) is 5.47. The van der Waals surface area contributed by atoms with Gasteiger partial charge in [-0.1, -0.05) is 12.2 Å². The molecule has 1 aromatic heterocycles. The molecule has 0 spiro atoms. The average molecular weight is 266 g/mol. The van der Waals surface area contributed by atoms with Crippen LogP contribution >= 0.6 is 12.2 Å². The molecule has 2 rings (SSSR count). The molecule has 2 heterocycles. The molecule has 0 aromatic carbocycles. The molecule has 0 saturated carbocycles. The summed E-state index contributed by atoms with van der Waals surface area (Å²) in [6, 6.07) is 3.82. The molecule has 6 heteroatoms. The van der Waals surface area contributed by atoms with Gasteiger partial charge in [-0.3, -0.25) is 9.88 Å². The predicted molar refractivity (Wildman–Crippen MR) is 75.9 cm³/mol. The average Bonchev–Trinajstić information content (AvgIpc) is 2.40. The highest BCUT2D eigenvalue weighted by Crippen LogP contribution is 2.11. The summed E-state index contributed by atoms with van der Waals surface area (Å²) in [4.78, 5) is 6.87. The first-order valence-corrected chi connectivity index (χ1v) is 6.47. The van der Waals surface area contributed by atoms with Crippen molar-refractivity contribution in [3.05, 3.63) is 24.0 Å². The molecule has 1 aliphatic rings. The normalized spacial score (nSPS) is 16.4. The number of hydrogen-bond donors (Lipinski definition) is 2. The Kier molecular flexibility index (Phi) is 4.86. The Balaban J connectivity index is 1.84. The van der Waals surface area contributed by atoms with Crippen LogP contribution in [0.5, 0.6) is 0 Å². The van der Waals surface area contributed by atoms with Gasteiger partial charge in [0.15, 0.2) is 0 Å². The minimum absolute atomic E-state index is 0.324. The fraction of sp³-hybridized carbons (Fsp3) is 0.500. The molecule has 1 aliphatic heterocycles. The first kappa shape index (κ1) is 13.2. The van der Waals surface area contributed by atoms with Crippen molar-refractivity contribution in [2.75, 3.05) is 44.7 Å². The number of hydrogen-bond acceptors (Lipinski definition) is 5. The Morgan fingerprint density at radius 1 is 1.50 bits per heavy atom. The topological polar surface area (TPSA) is 63.4 Å². The van der Waals surface area contributed by atoms with Gasteiger partial charge >= 0.3 is 0 Å². The summed E-state index contributed by atoms with van der Waals surface area (Å²) in [7, 11) is 0. The fourth-order valence-corrected chi connectivity index (χ4v) is 2.08. The van der Waals surface area contributed by atoms with E-state index in [1.54, 1.807) is 6.20 Å². The third kappa shape index (κ3) is 3.63. The second-order valence-electron chi connectivity index (χ2n) is 4.14. The maximum atomic E-state index is 5.63. The van der Waals surface area contributed by atoms with Crippen LogP contribution in [-0.4, -0.2) is 54.3 Å². The molecule has 0 radical (unpaired) electrons. The van der Waals surface area contributed by atoms with Gasteiger partial charge in [-0.2, -0.15) is 0 Å². The molecule has 1 saturated heterocycles. The number of nitrogens with one attached hydrogen (secondary N) is 1. The monoisotopic (exact) mass is 266 g/mol. The van der Waals surface area contributed by atoms with Gasteiger partial charge < -0.3 is 15.8 Å². The molecule has 1 aromatic rings. The molecule has 3 N–H and O–H groups in total. The van der Waals surface area contributed by atoms with Gasteiger partial charge in [-0.25, -0.2) is 0 Å². The molecule has 0 unspecified atom stereocenters. The molecular formula is C12H18N4OS. The van der Waals surface area contributed by atoms with Crippen LogP contribution in [0.3, 0.4) is 0 Å². The zero-order valence-electron chi connectivity index (χ0n) is 10.3. The van der Waals surface area contributed by atoms with E-state index in [4.69, 9.17) is 22.7 Å². The van der Waals surface area contributed by atoms with Crippen LogP contribution in [0.2, 0.25) is 0 Å². The number of ether oxygens (including phenoxy) is 1. The second-order valence-corrected chi connectivity index (χ2v) is 4.58. The lowest BCUT2D eigenvalue weighted by Gasteiger charge is -2.26. The number of rotatable bonds is 5. The lowest BCUT2D eigenvalue weighted by Crippen LogP contribution is -2.39. The SMILES string of the molecule is NC(=S)c1ncccc1NCCN1CCOCC1. The number of nitrogens with two attached hydrogens (primary N) is 1. The van der Waals surface area contributed by atoms with Crippen molar-refractivity contribution in [2.45, 2.75) is 0 Å². The van der Waals surface area contributed by atoms with Crippen LogP contribution in [0.1, 0.15) is 5.69 Å². The Labute approximate surface area is 112 Å². The molecular weight excluding hydrogens is 248 g/mol. The zero-order chi connectivity index (χ0) is 12.8. The zero-order valence-corrected chi connectivity index (χ0v) is 11.1. The number of aromatic nitrogens is 1. The molecule has 0 amide bonds. The summed E-state index contributed by atoms with van der Waals surface area (Å²) < 4.78 is 5.31. The van der Waals surface area contributed by atoms with Crippen molar-refractivity contribution in [3.63, 3.8) is 0 Å². The maximum Gasteiger partial charge on any atom is 0.124 e. The van der Waals surface area contributed by atoms with Crippen LogP contribution in [0, 0.1) is 0 Å². The Morgan fingerprint density at radius 3 is 3.00 bits per heavy atom. The molecule has 5 nitrogen and oxygen atoms in total. The predicted octanol–water partition coefficient (Wildman–Crippen LogP) is 0.460. The van der Waals surface area contributed by atoms with Gasteiger partial charge in [0, 0.05) is 32.4 Å². The Hall–Kier alpha value is -1.24. The van der Waals surface area contributed by atoms with Gasteiger partial charge in [-0.05, 0) is 12.1 Å². The molecule has 1 fully saturated rings. The van der Waals surface area contributed by atoms with Crippen LogP contribution in [-0.2, 0) is 4.74 Å². The summed E-state index contributed by atoms with van der Waals surface area (Å²) in [5, 5.41) is 3.33. The van der Waals surface area contributed by atoms with Gasteiger partial charge in [0.25, 0.3) is 0 Å². The summed E-state index contributed by atoms with van der Waals surface area (Å²) in [5.74, 6) is 0. The van der Waals surface area contributed by atoms with E-state index in [9.17, 15) is 0 Å². The lowest BCUT2D eigenvalue weighted by molar-refractivity contribution is 0.0398. The van der Waals surface area contributed by atoms with Crippen molar-refractivity contribution in [2.24, 2.45) is 5.73 Å². The van der Waals surface area contributed by atoms with Crippen LogP contribution < -0.4 is 11.1 Å². The van der Waals surface area contributed by atoms with E-state index < -0.39 is 0 Å². The van der Waals surface area contributed by atoms with Crippen molar-refractivity contribution >= 4 is 22.9 Å². The van der Waals surface area contributed by atoms with E-state index in [0.29, 0.717) is 10.7 Å². The number of anilines is 1. The minimum atomic E-state index is 0.324. The van der Waals surface area contributed by atoms with Crippen LogP contribution in [0.15, 0.2) is 18.3 Å². The van der Waals surface area contributed by atoms with Crippen molar-refractivity contribution < 1.29 is 4.74 Å². The van der Waals surface area contributed by atoms with Crippen molar-refractivity contribution in [1.82, 2.24) is 9.88 Å². The molecule has 0 aliphatic carbocycles. The summed E-state index contributed by atoms with van der Waals surface area (Å²) in [5.41, 5.74) is 7.19. The highest BCUT2D eigenvalue weighted by molar-refractivity contribution is 7.80. The maximum absolute atomic E-state index is 5.63. The number of nitrogens with zero attached hydrogens (tertiary/aromatic N) is 2. The number of pyridine rings is 1. The van der Waals surface area contributed by atoms with E-state index in [1.807, 2.05) is 12.1 Å². The van der Waals surface area contributed by atoms with Gasteiger partial charge in [-0.15, -0.1) is 0 Å². The first-order chi connectivity index (χ1) is 8.77. The number of morpholine rings is 1. The van der Waals surface area contributed by atoms with Crippen molar-refractivity contribution in [1.29, 1.82) is 0 Å². The van der Waals surface area contributed by atoms with Gasteiger partial charge in [0.1, 0.15) is 10.7 Å². The Bertz CT molecular complexity index is 407. The van der Waals surface area contributed by atoms with E-state index in [-0.39, 0.29) is 0 Å². The number of thiocarbonyl (C=S) groups is 1. The molecule has 0 bridgehead atoms. The third-order valence-electron chi connectivity index (χ3n) is 2.89. The lowest BCUT2D eigenvalue weighted by atomic mass is 10.3. The highest BCUT2D eigenvalue weighted by Gasteiger charge is 2.10. The van der Waals surface area contributed by atoms with Crippen LogP contribution in [0.4, 0.5) is 5.69 Å². The molecule has 18 heavy (non-hydrogen) atoms. The largest absolute Gasteiger partial charge is 0.388 e. The molecule has 98 valence electrons. The van der Waals surface area contributed by atoms with Gasteiger partial charge in [0.05, 0.1) is 18.9 Å². The third-order valence-corrected chi connectivity index (χ3v) is 3.08. The molecule has 0 atom stereocenters.